The minimum Gasteiger partial charge on any atom is -0.487 e. The van der Waals surface area contributed by atoms with Crippen LogP contribution in [0, 0.1) is 13.8 Å². The highest BCUT2D eigenvalue weighted by atomic mass is 79.9. The molecule has 30 heavy (non-hydrogen) atoms. The van der Waals surface area contributed by atoms with Crippen LogP contribution in [0.15, 0.2) is 81.7 Å². The van der Waals surface area contributed by atoms with Crippen LogP contribution in [0.2, 0.25) is 0 Å². The number of aryl methyl sites for hydroxylation is 2. The van der Waals surface area contributed by atoms with Crippen LogP contribution in [0.5, 0.6) is 5.75 Å². The van der Waals surface area contributed by atoms with Crippen LogP contribution in [0.1, 0.15) is 22.3 Å². The average molecular weight is 525 g/mol. The number of fused-ring (bicyclic) bond motifs is 1. The Hall–Kier alpha value is -2.30. The van der Waals surface area contributed by atoms with Crippen molar-refractivity contribution in [1.82, 2.24) is 0 Å². The fraction of sp³-hybridized carbons (Fsp3) is 0.154. The number of nitrogens with one attached hydrogen (secondary N) is 1. The van der Waals surface area contributed by atoms with Crippen LogP contribution in [0.3, 0.4) is 0 Å². The SMILES string of the molecule is Cc1ccc(NCc2cc(Br)c(OCc3cccc4ccccc34)c(Br)c2)c(C)c1. The molecule has 4 aromatic rings. The Kier molecular flexibility index (Phi) is 6.45. The minimum absolute atomic E-state index is 0.513. The third-order valence-electron chi connectivity index (χ3n) is 5.17. The molecule has 0 amide bonds. The summed E-state index contributed by atoms with van der Waals surface area (Å²) in [6, 6.07) is 25.4. The smallest absolute Gasteiger partial charge is 0.148 e. The lowest BCUT2D eigenvalue weighted by Gasteiger charge is -2.15. The van der Waals surface area contributed by atoms with Crippen molar-refractivity contribution in [3.63, 3.8) is 0 Å². The Balaban J connectivity index is 1.48. The van der Waals surface area contributed by atoms with Gasteiger partial charge in [0.25, 0.3) is 0 Å². The van der Waals surface area contributed by atoms with E-state index in [0.717, 1.165) is 26.9 Å². The van der Waals surface area contributed by atoms with Gasteiger partial charge >= 0.3 is 0 Å². The molecule has 0 unspecified atom stereocenters. The van der Waals surface area contributed by atoms with Crippen LogP contribution in [0.25, 0.3) is 10.8 Å². The zero-order valence-electron chi connectivity index (χ0n) is 17.0. The van der Waals surface area contributed by atoms with E-state index >= 15 is 0 Å². The van der Waals surface area contributed by atoms with Crippen molar-refractivity contribution in [3.8, 4) is 5.75 Å². The second-order valence-electron chi connectivity index (χ2n) is 7.49. The van der Waals surface area contributed by atoms with Gasteiger partial charge in [0, 0.05) is 12.2 Å². The molecule has 2 nitrogen and oxygen atoms in total. The lowest BCUT2D eigenvalue weighted by Crippen LogP contribution is -2.03. The lowest BCUT2D eigenvalue weighted by atomic mass is 10.1. The second kappa shape index (κ2) is 9.23. The summed E-state index contributed by atoms with van der Waals surface area (Å²) in [6.45, 7) is 5.50. The van der Waals surface area contributed by atoms with E-state index in [4.69, 9.17) is 4.74 Å². The first kappa shape index (κ1) is 21.0. The summed E-state index contributed by atoms with van der Waals surface area (Å²) < 4.78 is 8.08. The van der Waals surface area contributed by atoms with Gasteiger partial charge in [-0.3, -0.25) is 0 Å². The van der Waals surface area contributed by atoms with E-state index < -0.39 is 0 Å². The number of rotatable bonds is 6. The summed E-state index contributed by atoms with van der Waals surface area (Å²) in [5.41, 5.74) is 6.03. The summed E-state index contributed by atoms with van der Waals surface area (Å²) in [4.78, 5) is 0. The van der Waals surface area contributed by atoms with Crippen LogP contribution in [0.4, 0.5) is 5.69 Å². The lowest BCUT2D eigenvalue weighted by molar-refractivity contribution is 0.303. The molecule has 0 aliphatic carbocycles. The van der Waals surface area contributed by atoms with Crippen molar-refractivity contribution >= 4 is 48.3 Å². The quantitative estimate of drug-likeness (QED) is 0.274. The van der Waals surface area contributed by atoms with Crippen LogP contribution < -0.4 is 10.1 Å². The molecule has 4 rings (SSSR count). The highest BCUT2D eigenvalue weighted by molar-refractivity contribution is 9.11. The molecule has 0 bridgehead atoms. The minimum atomic E-state index is 0.513. The number of hydrogen-bond acceptors (Lipinski definition) is 2. The molecule has 0 aliphatic heterocycles. The van der Waals surface area contributed by atoms with Gasteiger partial charge in [-0.05, 0) is 91.4 Å². The third-order valence-corrected chi connectivity index (χ3v) is 6.35. The molecule has 4 heteroatoms. The number of anilines is 1. The van der Waals surface area contributed by atoms with Gasteiger partial charge in [0.1, 0.15) is 12.4 Å². The molecule has 0 radical (unpaired) electrons. The van der Waals surface area contributed by atoms with E-state index in [1.54, 1.807) is 0 Å². The van der Waals surface area contributed by atoms with E-state index in [1.807, 2.05) is 0 Å². The summed E-state index contributed by atoms with van der Waals surface area (Å²) >= 11 is 7.38. The van der Waals surface area contributed by atoms with Crippen molar-refractivity contribution < 1.29 is 4.74 Å². The Bertz CT molecular complexity index is 1170. The average Bonchev–Trinajstić information content (AvgIpc) is 2.72. The highest BCUT2D eigenvalue weighted by Gasteiger charge is 2.11. The molecule has 0 saturated carbocycles. The summed E-state index contributed by atoms with van der Waals surface area (Å²) in [7, 11) is 0. The molecule has 0 saturated heterocycles. The fourth-order valence-corrected chi connectivity index (χ4v) is 5.14. The summed E-state index contributed by atoms with van der Waals surface area (Å²) in [5.74, 6) is 0.818. The van der Waals surface area contributed by atoms with Gasteiger partial charge in [0.05, 0.1) is 8.95 Å². The van der Waals surface area contributed by atoms with Gasteiger partial charge < -0.3 is 10.1 Å². The maximum atomic E-state index is 6.20. The maximum absolute atomic E-state index is 6.20. The van der Waals surface area contributed by atoms with Crippen molar-refractivity contribution in [3.05, 3.63) is 104 Å². The zero-order chi connectivity index (χ0) is 21.1. The van der Waals surface area contributed by atoms with Gasteiger partial charge in [-0.15, -0.1) is 0 Å². The Morgan fingerprint density at radius 3 is 2.33 bits per heavy atom. The number of benzene rings is 4. The van der Waals surface area contributed by atoms with Crippen molar-refractivity contribution in [1.29, 1.82) is 0 Å². The molecule has 0 atom stereocenters. The molecule has 0 fully saturated rings. The standard InChI is InChI=1S/C26H23Br2NO/c1-17-10-11-25(18(2)12-17)29-15-19-13-23(27)26(24(28)14-19)30-16-21-8-5-7-20-6-3-4-9-22(20)21/h3-14,29H,15-16H2,1-2H3. The van der Waals surface area contributed by atoms with Crippen LogP contribution in [-0.2, 0) is 13.2 Å². The number of halogens is 2. The molecule has 0 heterocycles. The van der Waals surface area contributed by atoms with Crippen LogP contribution in [-0.4, -0.2) is 0 Å². The van der Waals surface area contributed by atoms with Gasteiger partial charge in [-0.2, -0.15) is 0 Å². The van der Waals surface area contributed by atoms with Crippen molar-refractivity contribution in [2.45, 2.75) is 27.0 Å². The molecule has 1 N–H and O–H groups in total. The van der Waals surface area contributed by atoms with E-state index in [-0.39, 0.29) is 0 Å². The molecular formula is C26H23Br2NO. The van der Waals surface area contributed by atoms with E-state index in [9.17, 15) is 0 Å². The van der Waals surface area contributed by atoms with E-state index in [2.05, 4.69) is 124 Å². The monoisotopic (exact) mass is 523 g/mol. The Labute approximate surface area is 194 Å². The molecule has 152 valence electrons. The first-order chi connectivity index (χ1) is 14.5. The predicted octanol–water partition coefficient (Wildman–Crippen LogP) is 8.17. The first-order valence-corrected chi connectivity index (χ1v) is 11.5. The van der Waals surface area contributed by atoms with Gasteiger partial charge in [-0.25, -0.2) is 0 Å². The van der Waals surface area contributed by atoms with Gasteiger partial charge in [-0.1, -0.05) is 60.2 Å². The molecule has 0 aliphatic rings. The maximum Gasteiger partial charge on any atom is 0.148 e. The largest absolute Gasteiger partial charge is 0.487 e. The molecule has 0 spiro atoms. The Morgan fingerprint density at radius 2 is 1.57 bits per heavy atom. The molecular weight excluding hydrogens is 502 g/mol. The number of hydrogen-bond donors (Lipinski definition) is 1. The Morgan fingerprint density at radius 1 is 0.833 bits per heavy atom. The summed E-state index contributed by atoms with van der Waals surface area (Å²) in [6.07, 6.45) is 0. The van der Waals surface area contributed by atoms with Crippen LogP contribution >= 0.6 is 31.9 Å². The van der Waals surface area contributed by atoms with Gasteiger partial charge in [0.15, 0.2) is 0 Å². The molecule has 4 aromatic carbocycles. The summed E-state index contributed by atoms with van der Waals surface area (Å²) in [5, 5.41) is 5.98. The second-order valence-corrected chi connectivity index (χ2v) is 9.20. The van der Waals surface area contributed by atoms with Gasteiger partial charge in [0.2, 0.25) is 0 Å². The topological polar surface area (TPSA) is 21.3 Å². The highest BCUT2D eigenvalue weighted by Crippen LogP contribution is 2.36. The third kappa shape index (κ3) is 4.71. The fourth-order valence-electron chi connectivity index (χ4n) is 3.63. The van der Waals surface area contributed by atoms with E-state index in [0.29, 0.717) is 6.61 Å². The zero-order valence-corrected chi connectivity index (χ0v) is 20.2. The molecule has 0 aromatic heterocycles. The normalized spacial score (nSPS) is 10.9. The predicted molar refractivity (Wildman–Crippen MR) is 133 cm³/mol. The van der Waals surface area contributed by atoms with E-state index in [1.165, 1.54) is 33.0 Å². The van der Waals surface area contributed by atoms with Crippen molar-refractivity contribution in [2.24, 2.45) is 0 Å². The first-order valence-electron chi connectivity index (χ1n) is 9.90. The van der Waals surface area contributed by atoms with Crippen molar-refractivity contribution in [2.75, 3.05) is 5.32 Å². The number of ether oxygens (including phenoxy) is 1.